The fourth-order valence-electron chi connectivity index (χ4n) is 2.64. The van der Waals surface area contributed by atoms with E-state index in [0.717, 1.165) is 11.1 Å². The van der Waals surface area contributed by atoms with Crippen molar-refractivity contribution in [2.75, 3.05) is 0 Å². The van der Waals surface area contributed by atoms with Gasteiger partial charge >= 0.3 is 0 Å². The number of hydrogen-bond acceptors (Lipinski definition) is 4. The second-order valence-electron chi connectivity index (χ2n) is 5.98. The van der Waals surface area contributed by atoms with Gasteiger partial charge in [-0.1, -0.05) is 35.9 Å². The molecule has 0 atom stereocenters. The number of hydrogen-bond donors (Lipinski definition) is 1. The van der Waals surface area contributed by atoms with E-state index >= 15 is 0 Å². The van der Waals surface area contributed by atoms with E-state index in [-0.39, 0.29) is 11.4 Å². The standard InChI is InChI=1S/C19H20N2O3S/c1-13-9-10-18(14(2)11-13)25(22,23)20-12-17-15(3)24-19(21-17)16-7-5-4-6-8-16/h4-11,20H,12H2,1-3H3. The van der Waals surface area contributed by atoms with E-state index in [4.69, 9.17) is 4.42 Å². The summed E-state index contributed by atoms with van der Waals surface area (Å²) >= 11 is 0. The number of rotatable bonds is 5. The first-order valence-corrected chi connectivity index (χ1v) is 9.44. The van der Waals surface area contributed by atoms with Crippen molar-refractivity contribution < 1.29 is 12.8 Å². The second kappa shape index (κ2) is 6.82. The fraction of sp³-hybridized carbons (Fsp3) is 0.211. The first kappa shape index (κ1) is 17.4. The van der Waals surface area contributed by atoms with Crippen LogP contribution in [0.5, 0.6) is 0 Å². The molecule has 1 heterocycles. The highest BCUT2D eigenvalue weighted by atomic mass is 32.2. The third-order valence-electron chi connectivity index (χ3n) is 3.96. The largest absolute Gasteiger partial charge is 0.441 e. The van der Waals surface area contributed by atoms with E-state index < -0.39 is 10.0 Å². The van der Waals surface area contributed by atoms with Crippen molar-refractivity contribution in [1.29, 1.82) is 0 Å². The number of nitrogens with zero attached hydrogens (tertiary/aromatic N) is 1. The average molecular weight is 356 g/mol. The molecule has 0 spiro atoms. The van der Waals surface area contributed by atoms with Gasteiger partial charge in [0, 0.05) is 5.56 Å². The molecule has 0 amide bonds. The Bertz CT molecular complexity index is 993. The normalized spacial score (nSPS) is 11.6. The summed E-state index contributed by atoms with van der Waals surface area (Å²) in [7, 11) is -3.61. The zero-order valence-electron chi connectivity index (χ0n) is 14.4. The smallest absolute Gasteiger partial charge is 0.241 e. The van der Waals surface area contributed by atoms with Crippen LogP contribution in [-0.4, -0.2) is 13.4 Å². The van der Waals surface area contributed by atoms with Crippen LogP contribution in [0.25, 0.3) is 11.5 Å². The third kappa shape index (κ3) is 3.81. The molecule has 5 nitrogen and oxygen atoms in total. The number of aryl methyl sites for hydroxylation is 3. The molecule has 2 aromatic carbocycles. The van der Waals surface area contributed by atoms with Crippen LogP contribution in [0.15, 0.2) is 57.8 Å². The number of nitrogens with one attached hydrogen (secondary N) is 1. The van der Waals surface area contributed by atoms with Crippen molar-refractivity contribution in [3.8, 4) is 11.5 Å². The molecule has 1 N–H and O–H groups in total. The molecule has 0 unspecified atom stereocenters. The Morgan fingerprint density at radius 3 is 2.44 bits per heavy atom. The monoisotopic (exact) mass is 356 g/mol. The molecular weight excluding hydrogens is 336 g/mol. The molecule has 0 radical (unpaired) electrons. The van der Waals surface area contributed by atoms with E-state index in [2.05, 4.69) is 9.71 Å². The van der Waals surface area contributed by atoms with Gasteiger partial charge in [0.25, 0.3) is 0 Å². The van der Waals surface area contributed by atoms with Crippen LogP contribution in [-0.2, 0) is 16.6 Å². The Kier molecular flexibility index (Phi) is 4.74. The van der Waals surface area contributed by atoms with Gasteiger partial charge in [-0.15, -0.1) is 0 Å². The summed E-state index contributed by atoms with van der Waals surface area (Å²) in [5, 5.41) is 0. The lowest BCUT2D eigenvalue weighted by Gasteiger charge is -2.09. The minimum Gasteiger partial charge on any atom is -0.441 e. The minimum absolute atomic E-state index is 0.0812. The Hall–Kier alpha value is -2.44. The molecule has 25 heavy (non-hydrogen) atoms. The zero-order chi connectivity index (χ0) is 18.0. The molecule has 130 valence electrons. The van der Waals surface area contributed by atoms with Gasteiger partial charge in [-0.2, -0.15) is 0 Å². The molecule has 0 fully saturated rings. The van der Waals surface area contributed by atoms with Crippen molar-refractivity contribution in [2.24, 2.45) is 0 Å². The van der Waals surface area contributed by atoms with Crippen LogP contribution < -0.4 is 4.72 Å². The molecule has 0 saturated carbocycles. The molecule has 0 aliphatic rings. The fourth-order valence-corrected chi connectivity index (χ4v) is 3.85. The molecule has 0 aliphatic carbocycles. The summed E-state index contributed by atoms with van der Waals surface area (Å²) in [6.45, 7) is 5.58. The Labute approximate surface area is 147 Å². The lowest BCUT2D eigenvalue weighted by Crippen LogP contribution is -2.24. The maximum atomic E-state index is 12.6. The molecule has 6 heteroatoms. The van der Waals surface area contributed by atoms with E-state index in [1.807, 2.05) is 43.3 Å². The number of oxazole rings is 1. The predicted octanol–water partition coefficient (Wildman–Crippen LogP) is 3.75. The van der Waals surface area contributed by atoms with Gasteiger partial charge in [0.05, 0.1) is 17.1 Å². The number of sulfonamides is 1. The van der Waals surface area contributed by atoms with Crippen molar-refractivity contribution >= 4 is 10.0 Å². The molecular formula is C19H20N2O3S. The predicted molar refractivity (Wildman–Crippen MR) is 96.6 cm³/mol. The van der Waals surface area contributed by atoms with Gasteiger partial charge < -0.3 is 4.42 Å². The third-order valence-corrected chi connectivity index (χ3v) is 5.52. The van der Waals surface area contributed by atoms with Crippen molar-refractivity contribution in [3.63, 3.8) is 0 Å². The maximum absolute atomic E-state index is 12.6. The molecule has 1 aromatic heterocycles. The van der Waals surface area contributed by atoms with E-state index in [0.29, 0.717) is 22.9 Å². The SMILES string of the molecule is Cc1ccc(S(=O)(=O)NCc2nc(-c3ccccc3)oc2C)c(C)c1. The van der Waals surface area contributed by atoms with Crippen LogP contribution >= 0.6 is 0 Å². The first-order chi connectivity index (χ1) is 11.9. The highest BCUT2D eigenvalue weighted by molar-refractivity contribution is 7.89. The molecule has 0 bridgehead atoms. The minimum atomic E-state index is -3.61. The quantitative estimate of drug-likeness (QED) is 0.756. The van der Waals surface area contributed by atoms with Gasteiger partial charge in [0.1, 0.15) is 5.76 Å². The first-order valence-electron chi connectivity index (χ1n) is 7.95. The maximum Gasteiger partial charge on any atom is 0.241 e. The van der Waals surface area contributed by atoms with Gasteiger partial charge in [0.15, 0.2) is 0 Å². The topological polar surface area (TPSA) is 72.2 Å². The van der Waals surface area contributed by atoms with Crippen molar-refractivity contribution in [1.82, 2.24) is 9.71 Å². The van der Waals surface area contributed by atoms with E-state index in [1.165, 1.54) is 0 Å². The van der Waals surface area contributed by atoms with Crippen LogP contribution in [0.3, 0.4) is 0 Å². The van der Waals surface area contributed by atoms with E-state index in [1.54, 1.807) is 26.0 Å². The average Bonchev–Trinajstić information content (AvgIpc) is 2.94. The highest BCUT2D eigenvalue weighted by Crippen LogP contribution is 2.22. The van der Waals surface area contributed by atoms with E-state index in [9.17, 15) is 8.42 Å². The van der Waals surface area contributed by atoms with Gasteiger partial charge in [-0.25, -0.2) is 18.1 Å². The summed E-state index contributed by atoms with van der Waals surface area (Å²) in [6, 6.07) is 14.8. The van der Waals surface area contributed by atoms with Gasteiger partial charge in [-0.3, -0.25) is 0 Å². The van der Waals surface area contributed by atoms with Crippen molar-refractivity contribution in [3.05, 3.63) is 71.1 Å². The van der Waals surface area contributed by atoms with Crippen molar-refractivity contribution in [2.45, 2.75) is 32.2 Å². The Morgan fingerprint density at radius 2 is 1.76 bits per heavy atom. The summed E-state index contributed by atoms with van der Waals surface area (Å²) in [5.74, 6) is 1.08. The lowest BCUT2D eigenvalue weighted by molar-refractivity contribution is 0.538. The van der Waals surface area contributed by atoms with Crippen LogP contribution in [0.2, 0.25) is 0 Å². The molecule has 0 aliphatic heterocycles. The van der Waals surface area contributed by atoms with Gasteiger partial charge in [0.2, 0.25) is 15.9 Å². The second-order valence-corrected chi connectivity index (χ2v) is 7.72. The molecule has 3 rings (SSSR count). The van der Waals surface area contributed by atoms with Gasteiger partial charge in [-0.05, 0) is 44.5 Å². The zero-order valence-corrected chi connectivity index (χ0v) is 15.2. The van der Waals surface area contributed by atoms with Crippen LogP contribution in [0.1, 0.15) is 22.6 Å². The summed E-state index contributed by atoms with van der Waals surface area (Å²) in [6.07, 6.45) is 0. The summed E-state index contributed by atoms with van der Waals surface area (Å²) in [4.78, 5) is 4.70. The highest BCUT2D eigenvalue weighted by Gasteiger charge is 2.19. The Balaban J connectivity index is 1.80. The van der Waals surface area contributed by atoms with Crippen LogP contribution in [0.4, 0.5) is 0 Å². The Morgan fingerprint density at radius 1 is 1.04 bits per heavy atom. The lowest BCUT2D eigenvalue weighted by atomic mass is 10.2. The number of aromatic nitrogens is 1. The molecule has 3 aromatic rings. The number of benzene rings is 2. The molecule has 0 saturated heterocycles. The summed E-state index contributed by atoms with van der Waals surface area (Å²) < 4.78 is 33.4. The summed E-state index contributed by atoms with van der Waals surface area (Å²) in [5.41, 5.74) is 3.17. The van der Waals surface area contributed by atoms with Crippen LogP contribution in [0, 0.1) is 20.8 Å².